The van der Waals surface area contributed by atoms with Crippen molar-refractivity contribution in [2.45, 2.75) is 26.3 Å². The van der Waals surface area contributed by atoms with E-state index in [2.05, 4.69) is 0 Å². The van der Waals surface area contributed by atoms with Crippen LogP contribution in [-0.2, 0) is 16.0 Å². The van der Waals surface area contributed by atoms with E-state index in [0.29, 0.717) is 16.5 Å². The molecule has 2 aromatic rings. The van der Waals surface area contributed by atoms with Gasteiger partial charge in [-0.2, -0.15) is 0 Å². The second kappa shape index (κ2) is 7.38. The van der Waals surface area contributed by atoms with E-state index < -0.39 is 0 Å². The molecular formula is C20H21ClN2O3. The van der Waals surface area contributed by atoms with Gasteiger partial charge in [-0.1, -0.05) is 29.8 Å². The van der Waals surface area contributed by atoms with E-state index in [0.717, 1.165) is 17.7 Å². The van der Waals surface area contributed by atoms with Crippen LogP contribution in [0.3, 0.4) is 0 Å². The predicted molar refractivity (Wildman–Crippen MR) is 103 cm³/mol. The van der Waals surface area contributed by atoms with Crippen LogP contribution in [0.5, 0.6) is 5.75 Å². The van der Waals surface area contributed by atoms with Crippen molar-refractivity contribution >= 4 is 34.8 Å². The molecule has 0 saturated carbocycles. The number of rotatable bonds is 4. The lowest BCUT2D eigenvalue weighted by atomic mass is 10.1. The van der Waals surface area contributed by atoms with Crippen LogP contribution in [0.2, 0.25) is 5.02 Å². The summed E-state index contributed by atoms with van der Waals surface area (Å²) in [5.41, 5.74) is 2.54. The number of hydrogen-bond acceptors (Lipinski definition) is 3. The van der Waals surface area contributed by atoms with E-state index in [1.807, 2.05) is 31.2 Å². The summed E-state index contributed by atoms with van der Waals surface area (Å²) in [5, 5.41) is 0.472. The third-order valence-electron chi connectivity index (χ3n) is 4.58. The molecule has 0 spiro atoms. The molecule has 6 heteroatoms. The fourth-order valence-electron chi connectivity index (χ4n) is 3.40. The lowest BCUT2D eigenvalue weighted by Gasteiger charge is -2.28. The molecule has 0 radical (unpaired) electrons. The number of benzene rings is 2. The summed E-state index contributed by atoms with van der Waals surface area (Å²) >= 11 is 6.09. The minimum absolute atomic E-state index is 0.0509. The highest BCUT2D eigenvalue weighted by atomic mass is 35.5. The maximum Gasteiger partial charge on any atom is 0.247 e. The maximum atomic E-state index is 13.0. The SMILES string of the molecule is COc1ccc(Cl)cc1N(CC(=O)N1c2ccccc2CC1C)C(C)=O. The van der Waals surface area contributed by atoms with Crippen molar-refractivity contribution in [1.82, 2.24) is 0 Å². The first kappa shape index (κ1) is 18.3. The summed E-state index contributed by atoms with van der Waals surface area (Å²) in [6.45, 7) is 3.36. The normalized spacial score (nSPS) is 15.5. The molecule has 1 unspecified atom stereocenters. The molecule has 3 rings (SSSR count). The van der Waals surface area contributed by atoms with Gasteiger partial charge in [-0.25, -0.2) is 0 Å². The number of carbonyl (C=O) groups is 2. The Bertz CT molecular complexity index is 853. The molecule has 26 heavy (non-hydrogen) atoms. The van der Waals surface area contributed by atoms with Gasteiger partial charge in [0.1, 0.15) is 12.3 Å². The van der Waals surface area contributed by atoms with E-state index in [1.54, 1.807) is 23.1 Å². The van der Waals surface area contributed by atoms with E-state index in [-0.39, 0.29) is 24.4 Å². The third-order valence-corrected chi connectivity index (χ3v) is 4.82. The van der Waals surface area contributed by atoms with Crippen molar-refractivity contribution in [1.29, 1.82) is 0 Å². The Hall–Kier alpha value is -2.53. The number of amides is 2. The first-order valence-corrected chi connectivity index (χ1v) is 8.81. The Balaban J connectivity index is 1.91. The van der Waals surface area contributed by atoms with Crippen molar-refractivity contribution in [3.8, 4) is 5.75 Å². The molecule has 1 heterocycles. The van der Waals surface area contributed by atoms with Gasteiger partial charge in [0.15, 0.2) is 0 Å². The molecule has 5 nitrogen and oxygen atoms in total. The van der Waals surface area contributed by atoms with Crippen molar-refractivity contribution in [2.24, 2.45) is 0 Å². The molecule has 0 fully saturated rings. The standard InChI is InChI=1S/C20H21ClN2O3/c1-13-10-15-6-4-5-7-17(15)23(13)20(25)12-22(14(2)24)18-11-16(21)8-9-19(18)26-3/h4-9,11,13H,10,12H2,1-3H3. The molecule has 0 N–H and O–H groups in total. The highest BCUT2D eigenvalue weighted by molar-refractivity contribution is 6.31. The molecular weight excluding hydrogens is 352 g/mol. The number of halogens is 1. The van der Waals surface area contributed by atoms with Gasteiger partial charge in [0.2, 0.25) is 11.8 Å². The number of anilines is 2. The summed E-state index contributed by atoms with van der Waals surface area (Å²) in [4.78, 5) is 28.5. The van der Waals surface area contributed by atoms with Gasteiger partial charge in [-0.3, -0.25) is 14.5 Å². The second-order valence-corrected chi connectivity index (χ2v) is 6.80. The zero-order valence-electron chi connectivity index (χ0n) is 15.0. The van der Waals surface area contributed by atoms with Crippen LogP contribution in [0.25, 0.3) is 0 Å². The lowest BCUT2D eigenvalue weighted by Crippen LogP contribution is -2.44. The first-order valence-electron chi connectivity index (χ1n) is 8.44. The predicted octanol–water partition coefficient (Wildman–Crippen LogP) is 3.68. The molecule has 136 valence electrons. The van der Waals surface area contributed by atoms with Gasteiger partial charge in [0.25, 0.3) is 0 Å². The Morgan fingerprint density at radius 2 is 2.00 bits per heavy atom. The number of hydrogen-bond donors (Lipinski definition) is 0. The van der Waals surface area contributed by atoms with Crippen molar-refractivity contribution in [3.05, 3.63) is 53.1 Å². The fraction of sp³-hybridized carbons (Fsp3) is 0.300. The quantitative estimate of drug-likeness (QED) is 0.822. The van der Waals surface area contributed by atoms with Crippen LogP contribution in [0.15, 0.2) is 42.5 Å². The molecule has 1 aliphatic rings. The average Bonchev–Trinajstić information content (AvgIpc) is 2.95. The Morgan fingerprint density at radius 1 is 1.27 bits per heavy atom. The number of carbonyl (C=O) groups excluding carboxylic acids is 2. The Kier molecular flexibility index (Phi) is 5.18. The van der Waals surface area contributed by atoms with Crippen molar-refractivity contribution in [3.63, 3.8) is 0 Å². The Morgan fingerprint density at radius 3 is 2.69 bits per heavy atom. The molecule has 0 aliphatic carbocycles. The van der Waals surface area contributed by atoms with E-state index in [9.17, 15) is 9.59 Å². The second-order valence-electron chi connectivity index (χ2n) is 6.37. The zero-order valence-corrected chi connectivity index (χ0v) is 15.8. The van der Waals surface area contributed by atoms with Gasteiger partial charge in [0.05, 0.1) is 12.8 Å². The van der Waals surface area contributed by atoms with Crippen LogP contribution >= 0.6 is 11.6 Å². The van der Waals surface area contributed by atoms with Gasteiger partial charge >= 0.3 is 0 Å². The molecule has 0 saturated heterocycles. The van der Waals surface area contributed by atoms with Crippen molar-refractivity contribution in [2.75, 3.05) is 23.5 Å². The minimum Gasteiger partial charge on any atom is -0.495 e. The van der Waals surface area contributed by atoms with Gasteiger partial charge in [-0.05, 0) is 43.2 Å². The maximum absolute atomic E-state index is 13.0. The fourth-order valence-corrected chi connectivity index (χ4v) is 3.56. The van der Waals surface area contributed by atoms with Gasteiger partial charge in [-0.15, -0.1) is 0 Å². The highest BCUT2D eigenvalue weighted by Gasteiger charge is 2.32. The molecule has 2 amide bonds. The van der Waals surface area contributed by atoms with E-state index >= 15 is 0 Å². The van der Waals surface area contributed by atoms with E-state index in [4.69, 9.17) is 16.3 Å². The monoisotopic (exact) mass is 372 g/mol. The first-order chi connectivity index (χ1) is 12.4. The number of ether oxygens (including phenoxy) is 1. The van der Waals surface area contributed by atoms with Gasteiger partial charge < -0.3 is 9.64 Å². The number of fused-ring (bicyclic) bond motifs is 1. The summed E-state index contributed by atoms with van der Waals surface area (Å²) < 4.78 is 5.34. The summed E-state index contributed by atoms with van der Waals surface area (Å²) in [5.74, 6) is 0.103. The molecule has 2 aromatic carbocycles. The molecule has 1 atom stereocenters. The topological polar surface area (TPSA) is 49.9 Å². The van der Waals surface area contributed by atoms with Crippen LogP contribution in [-0.4, -0.2) is 31.5 Å². The lowest BCUT2D eigenvalue weighted by molar-refractivity contribution is -0.121. The minimum atomic E-state index is -0.251. The molecule has 0 bridgehead atoms. The molecule has 0 aromatic heterocycles. The summed E-state index contributed by atoms with van der Waals surface area (Å²) in [6.07, 6.45) is 0.808. The number of methoxy groups -OCH3 is 1. The van der Waals surface area contributed by atoms with Gasteiger partial charge in [0, 0.05) is 23.7 Å². The van der Waals surface area contributed by atoms with Crippen LogP contribution in [0.4, 0.5) is 11.4 Å². The van der Waals surface area contributed by atoms with Crippen LogP contribution < -0.4 is 14.5 Å². The number of para-hydroxylation sites is 1. The number of nitrogens with zero attached hydrogens (tertiary/aromatic N) is 2. The molecule has 1 aliphatic heterocycles. The van der Waals surface area contributed by atoms with Crippen molar-refractivity contribution < 1.29 is 14.3 Å². The zero-order chi connectivity index (χ0) is 18.8. The largest absolute Gasteiger partial charge is 0.495 e. The average molecular weight is 373 g/mol. The highest BCUT2D eigenvalue weighted by Crippen LogP contribution is 2.34. The third kappa shape index (κ3) is 3.40. The summed E-state index contributed by atoms with van der Waals surface area (Å²) in [7, 11) is 1.52. The smallest absolute Gasteiger partial charge is 0.247 e. The Labute approximate surface area is 158 Å². The van der Waals surface area contributed by atoms with Crippen LogP contribution in [0.1, 0.15) is 19.4 Å². The summed E-state index contributed by atoms with van der Waals surface area (Å²) in [6, 6.07) is 12.9. The van der Waals surface area contributed by atoms with E-state index in [1.165, 1.54) is 18.9 Å². The van der Waals surface area contributed by atoms with Crippen LogP contribution in [0, 0.1) is 0 Å².